The van der Waals surface area contributed by atoms with Crippen molar-refractivity contribution < 1.29 is 84.7 Å². The van der Waals surface area contributed by atoms with Crippen LogP contribution in [0.2, 0.25) is 0 Å². The SMILES string of the molecule is O=P(O)(O)O.[Y].[Y]. The average Bonchev–Trinajstić information content (AvgIpc) is 0.722. The maximum Gasteiger partial charge on any atom is 0.466 e. The van der Waals surface area contributed by atoms with Gasteiger partial charge in [0.15, 0.2) is 0 Å². The van der Waals surface area contributed by atoms with Gasteiger partial charge in [-0.2, -0.15) is 0 Å². The van der Waals surface area contributed by atoms with Gasteiger partial charge in [0, 0.05) is 65.4 Å². The van der Waals surface area contributed by atoms with E-state index in [0.29, 0.717) is 0 Å². The minimum atomic E-state index is -4.64. The summed E-state index contributed by atoms with van der Waals surface area (Å²) < 4.78 is 8.88. The third kappa shape index (κ3) is 61.8. The molecular weight excluding hydrogens is 273 g/mol. The van der Waals surface area contributed by atoms with E-state index in [-0.39, 0.29) is 65.4 Å². The molecule has 0 amide bonds. The van der Waals surface area contributed by atoms with Gasteiger partial charge in [0.1, 0.15) is 0 Å². The van der Waals surface area contributed by atoms with E-state index < -0.39 is 7.82 Å². The predicted molar refractivity (Wildman–Crippen MR) is 14.3 cm³/mol. The van der Waals surface area contributed by atoms with Crippen LogP contribution in [0.15, 0.2) is 0 Å². The molecule has 7 heteroatoms. The second-order valence-corrected chi connectivity index (χ2v) is 1.54. The molecule has 3 N–H and O–H groups in total. The van der Waals surface area contributed by atoms with Crippen molar-refractivity contribution in [2.45, 2.75) is 0 Å². The Kier molecular flexibility index (Phi) is 14.9. The molecule has 0 rings (SSSR count). The standard InChI is InChI=1S/H3O4P.2Y/c1-5(2,3)4;;/h(H3,1,2,3,4);;. The van der Waals surface area contributed by atoms with Gasteiger partial charge in [-0.3, -0.25) is 0 Å². The molecule has 7 heavy (non-hydrogen) atoms. The van der Waals surface area contributed by atoms with Crippen LogP contribution in [0, 0.1) is 0 Å². The van der Waals surface area contributed by atoms with Crippen LogP contribution < -0.4 is 0 Å². The normalized spacial score (nSPS) is 8.43. The molecule has 0 aromatic rings. The van der Waals surface area contributed by atoms with Crippen molar-refractivity contribution in [2.24, 2.45) is 0 Å². The maximum absolute atomic E-state index is 8.88. The molecule has 0 aliphatic rings. The van der Waals surface area contributed by atoms with Crippen LogP contribution in [0.5, 0.6) is 0 Å². The average molecular weight is 276 g/mol. The zero-order valence-corrected chi connectivity index (χ0v) is 9.92. The first-order valence-corrected chi connectivity index (χ1v) is 2.35. The van der Waals surface area contributed by atoms with Crippen LogP contribution in [0.25, 0.3) is 0 Å². The molecule has 38 valence electrons. The zero-order valence-electron chi connectivity index (χ0n) is 3.35. The molecule has 0 saturated carbocycles. The quantitative estimate of drug-likeness (QED) is 0.499. The third-order valence-electron chi connectivity index (χ3n) is 0. The summed E-state index contributed by atoms with van der Waals surface area (Å²) >= 11 is 0. The van der Waals surface area contributed by atoms with Crippen LogP contribution >= 0.6 is 7.82 Å². The van der Waals surface area contributed by atoms with Gasteiger partial charge in [-0.05, 0) is 0 Å². The molecule has 0 heterocycles. The van der Waals surface area contributed by atoms with Crippen molar-refractivity contribution >= 4 is 7.82 Å². The van der Waals surface area contributed by atoms with E-state index in [0.717, 1.165) is 0 Å². The second kappa shape index (κ2) is 6.44. The molecule has 0 bridgehead atoms. The monoisotopic (exact) mass is 276 g/mol. The summed E-state index contributed by atoms with van der Waals surface area (Å²) in [6, 6.07) is 0. The van der Waals surface area contributed by atoms with Gasteiger partial charge >= 0.3 is 7.82 Å². The molecule has 0 aliphatic heterocycles. The summed E-state index contributed by atoms with van der Waals surface area (Å²) in [5, 5.41) is 0. The van der Waals surface area contributed by atoms with Crippen molar-refractivity contribution in [3.63, 3.8) is 0 Å². The predicted octanol–water partition coefficient (Wildman–Crippen LogP) is -0.934. The molecule has 0 unspecified atom stereocenters. The topological polar surface area (TPSA) is 77.8 Å². The van der Waals surface area contributed by atoms with E-state index in [1.165, 1.54) is 0 Å². The van der Waals surface area contributed by atoms with Crippen LogP contribution in [-0.4, -0.2) is 14.7 Å². The van der Waals surface area contributed by atoms with Gasteiger partial charge in [-0.25, -0.2) is 4.57 Å². The van der Waals surface area contributed by atoms with Crippen LogP contribution in [0.3, 0.4) is 0 Å². The third-order valence-corrected chi connectivity index (χ3v) is 0. The van der Waals surface area contributed by atoms with E-state index in [9.17, 15) is 0 Å². The largest absolute Gasteiger partial charge is 0.466 e. The van der Waals surface area contributed by atoms with Crippen LogP contribution in [0.4, 0.5) is 0 Å². The molecule has 0 atom stereocenters. The Balaban J connectivity index is -0.0000000800. The fourth-order valence-electron chi connectivity index (χ4n) is 0. The molecular formula is H3O4PY2. The molecule has 0 saturated heterocycles. The minimum absolute atomic E-state index is 0. The van der Waals surface area contributed by atoms with Gasteiger partial charge in [0.25, 0.3) is 0 Å². The van der Waals surface area contributed by atoms with E-state index in [1.807, 2.05) is 0 Å². The molecule has 0 aromatic heterocycles. The first-order chi connectivity index (χ1) is 2.00. The fourth-order valence-corrected chi connectivity index (χ4v) is 0. The van der Waals surface area contributed by atoms with Gasteiger partial charge in [0.05, 0.1) is 0 Å². The first-order valence-electron chi connectivity index (χ1n) is 0.783. The molecule has 0 aromatic carbocycles. The van der Waals surface area contributed by atoms with E-state index >= 15 is 0 Å². The van der Waals surface area contributed by atoms with Crippen LogP contribution in [0.1, 0.15) is 0 Å². The Hall–Kier alpha value is 2.32. The van der Waals surface area contributed by atoms with Gasteiger partial charge < -0.3 is 14.7 Å². The number of phosphoric acid groups is 1. The van der Waals surface area contributed by atoms with E-state index in [4.69, 9.17) is 19.2 Å². The van der Waals surface area contributed by atoms with Gasteiger partial charge in [-0.1, -0.05) is 0 Å². The number of hydrogen-bond donors (Lipinski definition) is 3. The van der Waals surface area contributed by atoms with Crippen molar-refractivity contribution in [1.82, 2.24) is 0 Å². The van der Waals surface area contributed by atoms with Crippen molar-refractivity contribution in [3.05, 3.63) is 0 Å². The maximum atomic E-state index is 8.88. The summed E-state index contributed by atoms with van der Waals surface area (Å²) in [5.74, 6) is 0. The Morgan fingerprint density at radius 3 is 1.00 bits per heavy atom. The summed E-state index contributed by atoms with van der Waals surface area (Å²) in [5.41, 5.74) is 0. The number of rotatable bonds is 0. The molecule has 0 fully saturated rings. The number of hydrogen-bond acceptors (Lipinski definition) is 1. The Bertz CT molecular complexity index is 55.8. The summed E-state index contributed by atoms with van der Waals surface area (Å²) in [4.78, 5) is 21.6. The Morgan fingerprint density at radius 2 is 1.00 bits per heavy atom. The van der Waals surface area contributed by atoms with E-state index in [2.05, 4.69) is 0 Å². The zero-order chi connectivity index (χ0) is 4.50. The molecule has 2 radical (unpaired) electrons. The van der Waals surface area contributed by atoms with Crippen molar-refractivity contribution in [2.75, 3.05) is 0 Å². The first kappa shape index (κ1) is 16.2. The van der Waals surface area contributed by atoms with Gasteiger partial charge in [0.2, 0.25) is 0 Å². The molecule has 0 spiro atoms. The molecule has 4 nitrogen and oxygen atoms in total. The fraction of sp³-hybridized carbons (Fsp3) is 0. The summed E-state index contributed by atoms with van der Waals surface area (Å²) in [7, 11) is -4.64. The second-order valence-electron chi connectivity index (χ2n) is 0.513. The minimum Gasteiger partial charge on any atom is -0.303 e. The van der Waals surface area contributed by atoms with Gasteiger partial charge in [-0.15, -0.1) is 0 Å². The van der Waals surface area contributed by atoms with E-state index in [1.54, 1.807) is 0 Å². The van der Waals surface area contributed by atoms with Crippen LogP contribution in [-0.2, 0) is 70.0 Å². The summed E-state index contributed by atoms with van der Waals surface area (Å²) in [6.07, 6.45) is 0. The van der Waals surface area contributed by atoms with Crippen molar-refractivity contribution in [3.8, 4) is 0 Å². The summed E-state index contributed by atoms with van der Waals surface area (Å²) in [6.45, 7) is 0. The molecule has 0 aliphatic carbocycles. The smallest absolute Gasteiger partial charge is 0.303 e. The van der Waals surface area contributed by atoms with Crippen molar-refractivity contribution in [1.29, 1.82) is 0 Å². The Labute approximate surface area is 91.1 Å². The Morgan fingerprint density at radius 1 is 1.00 bits per heavy atom.